The zero-order chi connectivity index (χ0) is 13.8. The molecule has 0 radical (unpaired) electrons. The maximum atomic E-state index is 11.7. The van der Waals surface area contributed by atoms with Crippen LogP contribution in [0.15, 0.2) is 29.2 Å². The van der Waals surface area contributed by atoms with Crippen molar-refractivity contribution < 1.29 is 22.9 Å². The molecular formula is C9H10N2O6S. The van der Waals surface area contributed by atoms with Crippen LogP contribution in [0.25, 0.3) is 0 Å². The van der Waals surface area contributed by atoms with E-state index in [1.54, 1.807) is 4.72 Å². The van der Waals surface area contributed by atoms with E-state index >= 15 is 0 Å². The van der Waals surface area contributed by atoms with Crippen molar-refractivity contribution in [1.82, 2.24) is 4.72 Å². The highest BCUT2D eigenvalue weighted by atomic mass is 32.2. The Morgan fingerprint density at radius 1 is 1.50 bits per heavy atom. The largest absolute Gasteiger partial charge is 0.449 e. The molecule has 1 N–H and O–H groups in total. The predicted octanol–water partition coefficient (Wildman–Crippen LogP) is 1.03. The molecule has 1 aromatic rings. The number of amides is 1. The number of nitro groups is 1. The van der Waals surface area contributed by atoms with E-state index in [2.05, 4.69) is 4.74 Å². The van der Waals surface area contributed by atoms with Gasteiger partial charge in [-0.3, -0.25) is 10.1 Å². The number of carbonyl (C=O) groups is 1. The van der Waals surface area contributed by atoms with Crippen molar-refractivity contribution in [3.8, 4) is 0 Å². The summed E-state index contributed by atoms with van der Waals surface area (Å²) < 4.78 is 29.4. The zero-order valence-electron chi connectivity index (χ0n) is 9.32. The summed E-state index contributed by atoms with van der Waals surface area (Å²) in [5, 5.41) is 10.5. The third kappa shape index (κ3) is 3.42. The molecule has 18 heavy (non-hydrogen) atoms. The molecule has 0 atom stereocenters. The minimum atomic E-state index is -4.17. The first-order chi connectivity index (χ1) is 8.36. The normalized spacial score (nSPS) is 10.7. The lowest BCUT2D eigenvalue weighted by atomic mass is 10.3. The van der Waals surface area contributed by atoms with Crippen LogP contribution in [-0.2, 0) is 14.8 Å². The summed E-state index contributed by atoms with van der Waals surface area (Å²) >= 11 is 0. The number of nitro benzene ring substituents is 1. The quantitative estimate of drug-likeness (QED) is 0.647. The van der Waals surface area contributed by atoms with Gasteiger partial charge >= 0.3 is 6.09 Å². The molecule has 0 saturated heterocycles. The van der Waals surface area contributed by atoms with E-state index in [0.29, 0.717) is 0 Å². The van der Waals surface area contributed by atoms with Crippen LogP contribution < -0.4 is 4.72 Å². The Balaban J connectivity index is 3.02. The van der Waals surface area contributed by atoms with Crippen molar-refractivity contribution in [2.45, 2.75) is 11.8 Å². The van der Waals surface area contributed by atoms with Gasteiger partial charge in [-0.15, -0.1) is 0 Å². The Hall–Kier alpha value is -2.16. The number of hydrogen-bond acceptors (Lipinski definition) is 6. The smallest absolute Gasteiger partial charge is 0.421 e. The van der Waals surface area contributed by atoms with Crippen molar-refractivity contribution in [2.75, 3.05) is 6.61 Å². The molecule has 8 nitrogen and oxygen atoms in total. The molecule has 0 aliphatic rings. The molecule has 0 aromatic heterocycles. The summed E-state index contributed by atoms with van der Waals surface area (Å²) in [6, 6.07) is 4.33. The molecule has 0 aliphatic carbocycles. The van der Waals surface area contributed by atoms with Crippen LogP contribution in [-0.4, -0.2) is 26.0 Å². The fourth-order valence-electron chi connectivity index (χ4n) is 1.09. The number of hydrogen-bond donors (Lipinski definition) is 1. The molecule has 0 unspecified atom stereocenters. The number of sulfonamides is 1. The fraction of sp³-hybridized carbons (Fsp3) is 0.222. The molecule has 0 bridgehead atoms. The molecule has 98 valence electrons. The summed E-state index contributed by atoms with van der Waals surface area (Å²) in [4.78, 5) is 20.4. The van der Waals surface area contributed by atoms with E-state index in [9.17, 15) is 23.3 Å². The maximum absolute atomic E-state index is 11.7. The van der Waals surface area contributed by atoms with Crippen LogP contribution in [0.3, 0.4) is 0 Å². The van der Waals surface area contributed by atoms with Gasteiger partial charge < -0.3 is 4.74 Å². The van der Waals surface area contributed by atoms with E-state index < -0.39 is 21.0 Å². The van der Waals surface area contributed by atoms with Gasteiger partial charge in [-0.25, -0.2) is 17.9 Å². The van der Waals surface area contributed by atoms with Gasteiger partial charge in [0.1, 0.15) is 0 Å². The Morgan fingerprint density at radius 2 is 2.17 bits per heavy atom. The second-order valence-electron chi connectivity index (χ2n) is 3.08. The highest BCUT2D eigenvalue weighted by Crippen LogP contribution is 2.17. The molecule has 1 amide bonds. The van der Waals surface area contributed by atoms with Crippen LogP contribution in [0.2, 0.25) is 0 Å². The fourth-order valence-corrected chi connectivity index (χ4v) is 2.02. The van der Waals surface area contributed by atoms with Crippen LogP contribution in [0.4, 0.5) is 10.5 Å². The summed E-state index contributed by atoms with van der Waals surface area (Å²) in [6.45, 7) is 1.52. The third-order valence-corrected chi connectivity index (χ3v) is 3.14. The average Bonchev–Trinajstić information content (AvgIpc) is 2.28. The lowest BCUT2D eigenvalue weighted by Gasteiger charge is -2.06. The second-order valence-corrected chi connectivity index (χ2v) is 4.76. The van der Waals surface area contributed by atoms with Crippen molar-refractivity contribution >= 4 is 21.8 Å². The van der Waals surface area contributed by atoms with E-state index in [1.807, 2.05) is 0 Å². The van der Waals surface area contributed by atoms with Crippen molar-refractivity contribution in [1.29, 1.82) is 0 Å². The maximum Gasteiger partial charge on any atom is 0.421 e. The highest BCUT2D eigenvalue weighted by Gasteiger charge is 2.20. The van der Waals surface area contributed by atoms with Crippen molar-refractivity contribution in [2.24, 2.45) is 0 Å². The molecule has 1 rings (SSSR count). The van der Waals surface area contributed by atoms with E-state index in [0.717, 1.165) is 18.2 Å². The molecule has 0 aliphatic heterocycles. The van der Waals surface area contributed by atoms with Gasteiger partial charge in [0.2, 0.25) is 0 Å². The number of rotatable bonds is 4. The molecule has 0 heterocycles. The third-order valence-electron chi connectivity index (χ3n) is 1.83. The van der Waals surface area contributed by atoms with E-state index in [1.165, 1.54) is 13.0 Å². The Kier molecular flexibility index (Phi) is 4.21. The first-order valence-electron chi connectivity index (χ1n) is 4.81. The van der Waals surface area contributed by atoms with Gasteiger partial charge in [-0.1, -0.05) is 6.07 Å². The topological polar surface area (TPSA) is 116 Å². The minimum absolute atomic E-state index is 0.0102. The van der Waals surface area contributed by atoms with Gasteiger partial charge in [0.25, 0.3) is 15.7 Å². The van der Waals surface area contributed by atoms with Crippen LogP contribution >= 0.6 is 0 Å². The van der Waals surface area contributed by atoms with Crippen molar-refractivity contribution in [3.63, 3.8) is 0 Å². The second kappa shape index (κ2) is 5.45. The van der Waals surface area contributed by atoms with Gasteiger partial charge in [-0.05, 0) is 13.0 Å². The molecule has 0 fully saturated rings. The number of non-ortho nitro benzene ring substituents is 1. The summed E-state index contributed by atoms with van der Waals surface area (Å²) in [5.41, 5.74) is -0.387. The molecular weight excluding hydrogens is 264 g/mol. The Morgan fingerprint density at radius 3 is 2.72 bits per heavy atom. The van der Waals surface area contributed by atoms with Gasteiger partial charge in [0.05, 0.1) is 16.4 Å². The number of carbonyl (C=O) groups excluding carboxylic acids is 1. The Labute approximate surface area is 103 Å². The van der Waals surface area contributed by atoms with Gasteiger partial charge in [0, 0.05) is 12.1 Å². The standard InChI is InChI=1S/C9H10N2O6S/c1-2-17-9(12)10-18(15,16)8-5-3-4-7(6-8)11(13)14/h3-6H,2H2,1H3,(H,10,12). The first-order valence-corrected chi connectivity index (χ1v) is 6.29. The molecule has 9 heteroatoms. The monoisotopic (exact) mass is 274 g/mol. The van der Waals surface area contributed by atoms with Crippen LogP contribution in [0.1, 0.15) is 6.92 Å². The first kappa shape index (κ1) is 13.9. The minimum Gasteiger partial charge on any atom is -0.449 e. The van der Waals surface area contributed by atoms with Crippen molar-refractivity contribution in [3.05, 3.63) is 34.4 Å². The van der Waals surface area contributed by atoms with Gasteiger partial charge in [-0.2, -0.15) is 0 Å². The lowest BCUT2D eigenvalue weighted by molar-refractivity contribution is -0.385. The molecule has 0 saturated carbocycles. The predicted molar refractivity (Wildman–Crippen MR) is 60.4 cm³/mol. The number of nitrogens with one attached hydrogen (secondary N) is 1. The SMILES string of the molecule is CCOC(=O)NS(=O)(=O)c1cccc([N+](=O)[O-])c1. The highest BCUT2D eigenvalue weighted by molar-refractivity contribution is 7.90. The molecule has 1 aromatic carbocycles. The lowest BCUT2D eigenvalue weighted by Crippen LogP contribution is -2.31. The number of benzene rings is 1. The summed E-state index contributed by atoms with van der Waals surface area (Å²) in [5.74, 6) is 0. The Bertz CT molecular complexity index is 568. The summed E-state index contributed by atoms with van der Waals surface area (Å²) in [6.07, 6.45) is -1.14. The van der Waals surface area contributed by atoms with Crippen LogP contribution in [0, 0.1) is 10.1 Å². The average molecular weight is 274 g/mol. The number of nitrogens with zero attached hydrogens (tertiary/aromatic N) is 1. The van der Waals surface area contributed by atoms with Crippen LogP contribution in [0.5, 0.6) is 0 Å². The molecule has 0 spiro atoms. The van der Waals surface area contributed by atoms with Gasteiger partial charge in [0.15, 0.2) is 0 Å². The van der Waals surface area contributed by atoms with E-state index in [4.69, 9.17) is 0 Å². The summed E-state index contributed by atoms with van der Waals surface area (Å²) in [7, 11) is -4.17. The number of ether oxygens (including phenoxy) is 1. The van der Waals surface area contributed by atoms with E-state index in [-0.39, 0.29) is 17.2 Å². The zero-order valence-corrected chi connectivity index (χ0v) is 10.1.